The number of amides is 2. The number of carbonyl (C=O) groups excluding carboxylic acids is 3. The highest BCUT2D eigenvalue weighted by Gasteiger charge is 2.26. The van der Waals surface area contributed by atoms with Crippen molar-refractivity contribution < 1.29 is 18.6 Å². The molecule has 0 aliphatic carbocycles. The Balaban J connectivity index is 1.73. The van der Waals surface area contributed by atoms with Crippen LogP contribution in [0.2, 0.25) is 0 Å². The molecule has 0 fully saturated rings. The number of carbonyl (C=O) groups is 3. The topological polar surface area (TPSA) is 97.4 Å². The van der Waals surface area contributed by atoms with Crippen molar-refractivity contribution >= 4 is 68.0 Å². The molecule has 0 spiro atoms. The smallest absolute Gasteiger partial charge is 0.314 e. The maximum Gasteiger partial charge on any atom is 0.314 e. The van der Waals surface area contributed by atoms with Gasteiger partial charge in [0.15, 0.2) is 0 Å². The second-order valence-corrected chi connectivity index (χ2v) is 8.13. The van der Waals surface area contributed by atoms with Crippen LogP contribution in [0.5, 0.6) is 0 Å². The lowest BCUT2D eigenvalue weighted by atomic mass is 10.1. The van der Waals surface area contributed by atoms with Gasteiger partial charge in [0, 0.05) is 28.7 Å². The Morgan fingerprint density at radius 1 is 1.07 bits per heavy atom. The van der Waals surface area contributed by atoms with Crippen molar-refractivity contribution in [1.29, 1.82) is 0 Å². The molecule has 0 aliphatic heterocycles. The third kappa shape index (κ3) is 6.04. The highest BCUT2D eigenvalue weighted by atomic mass is 79.9. The summed E-state index contributed by atoms with van der Waals surface area (Å²) in [5, 5.41) is 6.36. The normalized spacial score (nSPS) is 11.5. The number of pyridine rings is 1. The molecule has 2 N–H and O–H groups in total. The predicted molar refractivity (Wildman–Crippen MR) is 121 cm³/mol. The number of nitrogens with zero attached hydrogens (tertiary/aromatic N) is 1. The van der Waals surface area contributed by atoms with E-state index in [1.165, 1.54) is 6.92 Å². The van der Waals surface area contributed by atoms with E-state index in [1.54, 1.807) is 24.4 Å². The number of fused-ring (bicyclic) bond motifs is 1. The first-order valence-electron chi connectivity index (χ1n) is 8.96. The minimum absolute atomic E-state index is 0.202. The maximum absolute atomic E-state index is 12.9. The van der Waals surface area contributed by atoms with Crippen molar-refractivity contribution in [2.45, 2.75) is 18.6 Å². The summed E-state index contributed by atoms with van der Waals surface area (Å²) in [6.07, 6.45) is 1.35. The summed E-state index contributed by atoms with van der Waals surface area (Å²) < 4.78 is 5.71. The Morgan fingerprint density at radius 2 is 1.83 bits per heavy atom. The number of hydrogen-bond acceptors (Lipinski definition) is 6. The second kappa shape index (κ2) is 10.2. The summed E-state index contributed by atoms with van der Waals surface area (Å²) in [4.78, 5) is 40.6. The molecule has 2 aromatic carbocycles. The molecule has 0 radical (unpaired) electrons. The van der Waals surface area contributed by atoms with E-state index in [-0.39, 0.29) is 6.42 Å². The highest BCUT2D eigenvalue weighted by molar-refractivity contribution is 9.10. The molecule has 1 heterocycles. The summed E-state index contributed by atoms with van der Waals surface area (Å²) in [6, 6.07) is 16.5. The molecule has 0 aliphatic rings. The van der Waals surface area contributed by atoms with E-state index in [0.29, 0.717) is 23.5 Å². The van der Waals surface area contributed by atoms with Gasteiger partial charge in [-0.3, -0.25) is 14.4 Å². The summed E-state index contributed by atoms with van der Waals surface area (Å²) in [5.74, 6) is -1.08. The van der Waals surface area contributed by atoms with Gasteiger partial charge in [-0.2, -0.15) is 0 Å². The Hall–Kier alpha value is -2.91. The zero-order valence-corrected chi connectivity index (χ0v) is 18.3. The minimum Gasteiger partial charge on any atom is -0.391 e. The zero-order chi connectivity index (χ0) is 21.5. The van der Waals surface area contributed by atoms with Crippen LogP contribution in [0.3, 0.4) is 0 Å². The fourth-order valence-corrected chi connectivity index (χ4v) is 3.51. The average molecular weight is 488 g/mol. The fraction of sp³-hybridized carbons (Fsp3) is 0.143. The van der Waals surface area contributed by atoms with Gasteiger partial charge in [-0.1, -0.05) is 36.4 Å². The molecule has 3 aromatic rings. The van der Waals surface area contributed by atoms with Gasteiger partial charge in [-0.05, 0) is 39.5 Å². The molecule has 3 rings (SSSR count). The number of hydrogen-bond donors (Lipinski definition) is 2. The fourth-order valence-electron chi connectivity index (χ4n) is 2.66. The average Bonchev–Trinajstić information content (AvgIpc) is 2.73. The van der Waals surface area contributed by atoms with E-state index in [0.717, 1.165) is 15.2 Å². The summed E-state index contributed by atoms with van der Waals surface area (Å²) in [6.45, 7) is 1.23. The standard InChI is InChI=1S/C21H18BrN3O4S/c1-13(26)29-30-18(11-20(27)25-19-10-9-15(22)12-23-19)21(28)24-17-8-4-6-14-5-2-3-7-16(14)17/h2-10,12,18H,11H2,1H3,(H,24,28)(H,23,25,27). The first-order chi connectivity index (χ1) is 14.4. The first kappa shape index (κ1) is 21.8. The van der Waals surface area contributed by atoms with Crippen molar-refractivity contribution in [1.82, 2.24) is 4.98 Å². The molecular formula is C21H18BrN3O4S. The molecule has 7 nitrogen and oxygen atoms in total. The van der Waals surface area contributed by atoms with Crippen molar-refractivity contribution in [3.05, 3.63) is 65.3 Å². The van der Waals surface area contributed by atoms with E-state index < -0.39 is 23.0 Å². The van der Waals surface area contributed by atoms with Crippen LogP contribution in [0, 0.1) is 0 Å². The van der Waals surface area contributed by atoms with Gasteiger partial charge in [0.25, 0.3) is 0 Å². The van der Waals surface area contributed by atoms with Crippen molar-refractivity contribution in [3.63, 3.8) is 0 Å². The van der Waals surface area contributed by atoms with Crippen LogP contribution in [0.25, 0.3) is 10.8 Å². The second-order valence-electron chi connectivity index (χ2n) is 6.29. The van der Waals surface area contributed by atoms with Crippen LogP contribution in [0.4, 0.5) is 11.5 Å². The lowest BCUT2D eigenvalue weighted by Gasteiger charge is -2.16. The lowest BCUT2D eigenvalue weighted by molar-refractivity contribution is -0.130. The molecule has 0 bridgehead atoms. The van der Waals surface area contributed by atoms with E-state index >= 15 is 0 Å². The largest absolute Gasteiger partial charge is 0.391 e. The van der Waals surface area contributed by atoms with Gasteiger partial charge in [-0.15, -0.1) is 0 Å². The number of halogens is 1. The number of aromatic nitrogens is 1. The zero-order valence-electron chi connectivity index (χ0n) is 15.9. The van der Waals surface area contributed by atoms with Crippen LogP contribution in [-0.2, 0) is 18.6 Å². The summed E-state index contributed by atoms with van der Waals surface area (Å²) in [5.41, 5.74) is 0.613. The Morgan fingerprint density at radius 3 is 2.57 bits per heavy atom. The van der Waals surface area contributed by atoms with E-state index in [1.807, 2.05) is 36.4 Å². The number of nitrogens with one attached hydrogen (secondary N) is 2. The van der Waals surface area contributed by atoms with Gasteiger partial charge >= 0.3 is 5.97 Å². The molecule has 1 atom stereocenters. The summed E-state index contributed by atoms with van der Waals surface area (Å²) >= 11 is 3.93. The van der Waals surface area contributed by atoms with Crippen LogP contribution in [0.15, 0.2) is 65.3 Å². The minimum atomic E-state index is -0.941. The molecule has 30 heavy (non-hydrogen) atoms. The van der Waals surface area contributed by atoms with Crippen molar-refractivity contribution in [2.24, 2.45) is 0 Å². The SMILES string of the molecule is CC(=O)OSC(CC(=O)Nc1ccc(Br)cn1)C(=O)Nc1cccc2ccccc12. The van der Waals surface area contributed by atoms with Crippen LogP contribution in [0.1, 0.15) is 13.3 Å². The Kier molecular flexibility index (Phi) is 7.42. The van der Waals surface area contributed by atoms with Gasteiger partial charge in [0.1, 0.15) is 11.1 Å². The van der Waals surface area contributed by atoms with Gasteiger partial charge in [0.05, 0.1) is 18.5 Å². The molecule has 1 unspecified atom stereocenters. The van der Waals surface area contributed by atoms with E-state index in [9.17, 15) is 14.4 Å². The van der Waals surface area contributed by atoms with Gasteiger partial charge in [-0.25, -0.2) is 4.98 Å². The van der Waals surface area contributed by atoms with E-state index in [2.05, 4.69) is 31.5 Å². The molecule has 154 valence electrons. The van der Waals surface area contributed by atoms with Crippen LogP contribution in [-0.4, -0.2) is 28.0 Å². The number of benzene rings is 2. The molecule has 0 saturated carbocycles. The Labute approximate surface area is 185 Å². The van der Waals surface area contributed by atoms with E-state index in [4.69, 9.17) is 4.18 Å². The maximum atomic E-state index is 12.9. The number of anilines is 2. The third-order valence-corrected chi connectivity index (χ3v) is 5.40. The van der Waals surface area contributed by atoms with Gasteiger partial charge < -0.3 is 14.8 Å². The van der Waals surface area contributed by atoms with Crippen LogP contribution < -0.4 is 10.6 Å². The predicted octanol–water partition coefficient (Wildman–Crippen LogP) is 4.54. The Bertz CT molecular complexity index is 1070. The molecule has 1 aromatic heterocycles. The molecule has 9 heteroatoms. The van der Waals surface area contributed by atoms with Crippen LogP contribution >= 0.6 is 28.0 Å². The van der Waals surface area contributed by atoms with Gasteiger partial charge in [0.2, 0.25) is 11.8 Å². The molecular weight excluding hydrogens is 470 g/mol. The van der Waals surface area contributed by atoms with Crippen molar-refractivity contribution in [3.8, 4) is 0 Å². The monoisotopic (exact) mass is 487 g/mol. The third-order valence-electron chi connectivity index (χ3n) is 3.99. The quantitative estimate of drug-likeness (QED) is 0.474. The summed E-state index contributed by atoms with van der Waals surface area (Å²) in [7, 11) is 0. The highest BCUT2D eigenvalue weighted by Crippen LogP contribution is 2.25. The molecule has 0 saturated heterocycles. The number of rotatable bonds is 7. The van der Waals surface area contributed by atoms with Crippen molar-refractivity contribution in [2.75, 3.05) is 10.6 Å². The first-order valence-corrected chi connectivity index (χ1v) is 10.6. The lowest BCUT2D eigenvalue weighted by Crippen LogP contribution is -2.30. The molecule has 2 amide bonds.